The van der Waals surface area contributed by atoms with Gasteiger partial charge in [-0.15, -0.1) is 11.8 Å². The molecule has 1 aliphatic heterocycles. The molecule has 22 heavy (non-hydrogen) atoms. The van der Waals surface area contributed by atoms with Gasteiger partial charge in [0.05, 0.1) is 5.75 Å². The zero-order valence-electron chi connectivity index (χ0n) is 11.9. The summed E-state index contributed by atoms with van der Waals surface area (Å²) in [6, 6.07) is 5.57. The molecule has 0 aliphatic carbocycles. The van der Waals surface area contributed by atoms with Gasteiger partial charge >= 0.3 is 12.0 Å². The molecule has 0 unspecified atom stereocenters. The Balaban J connectivity index is 1.82. The summed E-state index contributed by atoms with van der Waals surface area (Å²) in [4.78, 5) is 36.3. The molecular formula is C14H15FN2O4S. The van der Waals surface area contributed by atoms with Crippen molar-refractivity contribution in [2.75, 3.05) is 18.8 Å². The third-order valence-corrected chi connectivity index (χ3v) is 3.98. The van der Waals surface area contributed by atoms with E-state index in [1.165, 1.54) is 13.0 Å². The summed E-state index contributed by atoms with van der Waals surface area (Å²) in [5, 5.41) is 2.49. The number of amides is 3. The van der Waals surface area contributed by atoms with Crippen molar-refractivity contribution in [3.8, 4) is 0 Å². The molecule has 1 atom stereocenters. The van der Waals surface area contributed by atoms with Gasteiger partial charge in [0.2, 0.25) is 0 Å². The second-order valence-electron chi connectivity index (χ2n) is 4.57. The van der Waals surface area contributed by atoms with Crippen LogP contribution in [0.15, 0.2) is 29.2 Å². The van der Waals surface area contributed by atoms with E-state index in [0.29, 0.717) is 11.4 Å². The first-order chi connectivity index (χ1) is 10.5. The molecule has 1 aliphatic rings. The summed E-state index contributed by atoms with van der Waals surface area (Å²) < 4.78 is 18.4. The number of imide groups is 1. The Morgan fingerprint density at radius 3 is 2.82 bits per heavy atom. The van der Waals surface area contributed by atoms with Crippen LogP contribution in [0.2, 0.25) is 0 Å². The van der Waals surface area contributed by atoms with Gasteiger partial charge in [0, 0.05) is 18.0 Å². The summed E-state index contributed by atoms with van der Waals surface area (Å²) in [6.45, 7) is 2.04. The molecule has 1 N–H and O–H groups in total. The van der Waals surface area contributed by atoms with E-state index in [-0.39, 0.29) is 12.3 Å². The molecule has 3 amide bonds. The second-order valence-corrected chi connectivity index (χ2v) is 5.59. The van der Waals surface area contributed by atoms with E-state index in [1.54, 1.807) is 18.2 Å². The summed E-state index contributed by atoms with van der Waals surface area (Å²) in [7, 11) is 0. The predicted molar refractivity (Wildman–Crippen MR) is 77.8 cm³/mol. The van der Waals surface area contributed by atoms with E-state index in [1.807, 2.05) is 0 Å². The summed E-state index contributed by atoms with van der Waals surface area (Å²) in [6.07, 6.45) is -1.06. The highest BCUT2D eigenvalue weighted by molar-refractivity contribution is 8.00. The minimum atomic E-state index is -1.06. The van der Waals surface area contributed by atoms with E-state index >= 15 is 0 Å². The number of esters is 1. The van der Waals surface area contributed by atoms with Crippen molar-refractivity contribution in [2.45, 2.75) is 17.9 Å². The van der Waals surface area contributed by atoms with Crippen LogP contribution >= 0.6 is 11.8 Å². The van der Waals surface area contributed by atoms with Crippen LogP contribution in [0.25, 0.3) is 0 Å². The maximum absolute atomic E-state index is 13.4. The highest BCUT2D eigenvalue weighted by Crippen LogP contribution is 2.21. The molecule has 1 fully saturated rings. The van der Waals surface area contributed by atoms with Crippen molar-refractivity contribution in [1.29, 1.82) is 0 Å². The SMILES string of the molecule is C[C@@H](OC(=O)CSc1ccccc1F)C(=O)N1CCNC1=O. The monoisotopic (exact) mass is 326 g/mol. The average Bonchev–Trinajstić information content (AvgIpc) is 2.91. The molecule has 118 valence electrons. The normalized spacial score (nSPS) is 15.4. The number of nitrogens with one attached hydrogen (secondary N) is 1. The van der Waals surface area contributed by atoms with Crippen LogP contribution in [0.5, 0.6) is 0 Å². The second kappa shape index (κ2) is 7.26. The Morgan fingerprint density at radius 1 is 1.45 bits per heavy atom. The number of halogens is 1. The Hall–Kier alpha value is -2.09. The van der Waals surface area contributed by atoms with Crippen molar-refractivity contribution in [3.63, 3.8) is 0 Å². The fourth-order valence-electron chi connectivity index (χ4n) is 1.88. The zero-order valence-corrected chi connectivity index (χ0v) is 12.7. The van der Waals surface area contributed by atoms with E-state index in [4.69, 9.17) is 4.74 Å². The van der Waals surface area contributed by atoms with Crippen molar-refractivity contribution < 1.29 is 23.5 Å². The van der Waals surface area contributed by atoms with E-state index in [2.05, 4.69) is 5.32 Å². The number of hydrogen-bond donors (Lipinski definition) is 1. The summed E-state index contributed by atoms with van der Waals surface area (Å²) in [5.41, 5.74) is 0. The summed E-state index contributed by atoms with van der Waals surface area (Å²) in [5.74, 6) is -1.75. The molecule has 0 bridgehead atoms. The minimum Gasteiger partial charge on any atom is -0.452 e. The molecule has 1 saturated heterocycles. The van der Waals surface area contributed by atoms with Gasteiger partial charge in [-0.25, -0.2) is 9.18 Å². The lowest BCUT2D eigenvalue weighted by Gasteiger charge is -2.18. The van der Waals surface area contributed by atoms with Crippen LogP contribution in [0.3, 0.4) is 0 Å². The van der Waals surface area contributed by atoms with Gasteiger partial charge in [0.1, 0.15) is 5.82 Å². The lowest BCUT2D eigenvalue weighted by atomic mass is 10.3. The molecule has 8 heteroatoms. The van der Waals surface area contributed by atoms with Gasteiger partial charge in [0.25, 0.3) is 5.91 Å². The first-order valence-electron chi connectivity index (χ1n) is 6.65. The molecule has 0 radical (unpaired) electrons. The first kappa shape index (κ1) is 16.3. The number of ether oxygens (including phenoxy) is 1. The van der Waals surface area contributed by atoms with Crippen molar-refractivity contribution in [1.82, 2.24) is 10.2 Å². The Kier molecular flexibility index (Phi) is 5.37. The zero-order chi connectivity index (χ0) is 16.1. The largest absolute Gasteiger partial charge is 0.452 e. The van der Waals surface area contributed by atoms with E-state index < -0.39 is 29.8 Å². The summed E-state index contributed by atoms with van der Waals surface area (Å²) >= 11 is 0.988. The Bertz CT molecular complexity index is 596. The molecule has 0 spiro atoms. The number of rotatable bonds is 5. The standard InChI is InChI=1S/C14H15FN2O4S/c1-9(13(19)17-7-6-16-14(17)20)21-12(18)8-22-11-5-3-2-4-10(11)15/h2-5,9H,6-8H2,1H3,(H,16,20)/t9-/m1/s1. The highest BCUT2D eigenvalue weighted by Gasteiger charge is 2.31. The molecule has 1 aromatic carbocycles. The third-order valence-electron chi connectivity index (χ3n) is 2.96. The number of nitrogens with zero attached hydrogens (tertiary/aromatic N) is 1. The number of urea groups is 1. The average molecular weight is 326 g/mol. The van der Waals surface area contributed by atoms with Crippen LogP contribution in [0.4, 0.5) is 9.18 Å². The fraction of sp³-hybridized carbons (Fsp3) is 0.357. The lowest BCUT2D eigenvalue weighted by molar-refractivity contribution is -0.155. The third kappa shape index (κ3) is 3.97. The Labute approximate surface area is 131 Å². The maximum atomic E-state index is 13.4. The van der Waals surface area contributed by atoms with E-state index in [9.17, 15) is 18.8 Å². The van der Waals surface area contributed by atoms with Gasteiger partial charge in [-0.05, 0) is 19.1 Å². The van der Waals surface area contributed by atoms with Crippen LogP contribution in [0, 0.1) is 5.82 Å². The predicted octanol–water partition coefficient (Wildman–Crippen LogP) is 1.40. The molecule has 0 aromatic heterocycles. The quantitative estimate of drug-likeness (QED) is 0.654. The van der Waals surface area contributed by atoms with Crippen LogP contribution in [0.1, 0.15) is 6.92 Å². The molecule has 0 saturated carbocycles. The van der Waals surface area contributed by atoms with Gasteiger partial charge in [0.15, 0.2) is 6.10 Å². The number of hydrogen-bond acceptors (Lipinski definition) is 5. The number of carbonyl (C=O) groups excluding carboxylic acids is 3. The van der Waals surface area contributed by atoms with Gasteiger partial charge < -0.3 is 10.1 Å². The number of thioether (sulfide) groups is 1. The maximum Gasteiger partial charge on any atom is 0.324 e. The van der Waals surface area contributed by atoms with E-state index in [0.717, 1.165) is 16.7 Å². The molecule has 2 rings (SSSR count). The van der Waals surface area contributed by atoms with Crippen molar-refractivity contribution in [2.24, 2.45) is 0 Å². The van der Waals surface area contributed by atoms with Crippen LogP contribution < -0.4 is 5.32 Å². The number of benzene rings is 1. The minimum absolute atomic E-state index is 0.120. The van der Waals surface area contributed by atoms with Crippen molar-refractivity contribution in [3.05, 3.63) is 30.1 Å². The van der Waals surface area contributed by atoms with Gasteiger partial charge in [-0.2, -0.15) is 0 Å². The Morgan fingerprint density at radius 2 is 2.18 bits per heavy atom. The van der Waals surface area contributed by atoms with Gasteiger partial charge in [-0.3, -0.25) is 14.5 Å². The highest BCUT2D eigenvalue weighted by atomic mass is 32.2. The smallest absolute Gasteiger partial charge is 0.324 e. The fourth-order valence-corrected chi connectivity index (χ4v) is 2.60. The molecular weight excluding hydrogens is 311 g/mol. The first-order valence-corrected chi connectivity index (χ1v) is 7.63. The van der Waals surface area contributed by atoms with Crippen molar-refractivity contribution >= 4 is 29.7 Å². The molecule has 6 nitrogen and oxygen atoms in total. The topological polar surface area (TPSA) is 75.7 Å². The number of carbonyl (C=O) groups is 3. The van der Waals surface area contributed by atoms with Gasteiger partial charge in [-0.1, -0.05) is 12.1 Å². The molecule has 1 heterocycles. The van der Waals surface area contributed by atoms with Crippen LogP contribution in [-0.4, -0.2) is 47.8 Å². The van der Waals surface area contributed by atoms with Crippen LogP contribution in [-0.2, 0) is 14.3 Å². The molecule has 1 aromatic rings. The lowest BCUT2D eigenvalue weighted by Crippen LogP contribution is -2.42.